The smallest absolute Gasteiger partial charge is 0.290 e. The van der Waals surface area contributed by atoms with E-state index in [0.29, 0.717) is 143 Å². The van der Waals surface area contributed by atoms with E-state index in [1.54, 1.807) is 55.8 Å². The van der Waals surface area contributed by atoms with Crippen LogP contribution in [0.3, 0.4) is 0 Å². The molecule has 30 nitrogen and oxygen atoms in total. The molecule has 7 aromatic rings. The lowest BCUT2D eigenvalue weighted by atomic mass is 10.2. The third-order valence-corrected chi connectivity index (χ3v) is 20.4. The van der Waals surface area contributed by atoms with E-state index in [1.807, 2.05) is 36.6 Å². The lowest BCUT2D eigenvalue weighted by Crippen LogP contribution is -2.33. The van der Waals surface area contributed by atoms with Crippen molar-refractivity contribution in [2.24, 2.45) is 0 Å². The van der Waals surface area contributed by atoms with Gasteiger partial charge in [0.2, 0.25) is 0 Å². The van der Waals surface area contributed by atoms with Gasteiger partial charge in [0.05, 0.1) is 116 Å². The molecule has 0 aromatic carbocycles. The third kappa shape index (κ3) is 16.6. The van der Waals surface area contributed by atoms with E-state index in [0.717, 1.165) is 83.5 Å². The summed E-state index contributed by atoms with van der Waals surface area (Å²) in [6.45, 7) is 8.02. The van der Waals surface area contributed by atoms with Crippen LogP contribution >= 0.6 is 58.0 Å². The predicted molar refractivity (Wildman–Crippen MR) is 373 cm³/mol. The van der Waals surface area contributed by atoms with Crippen molar-refractivity contribution in [2.75, 3.05) is 110 Å². The molecule has 0 bridgehead atoms. The quantitative estimate of drug-likeness (QED) is 0.0857. The molecule has 35 heteroatoms. The van der Waals surface area contributed by atoms with Gasteiger partial charge in [-0.3, -0.25) is 33.9 Å². The normalized spacial score (nSPS) is 23.8. The zero-order valence-electron chi connectivity index (χ0n) is 54.5. The Kier molecular flexibility index (Phi) is 22.9. The van der Waals surface area contributed by atoms with E-state index >= 15 is 0 Å². The lowest BCUT2D eigenvalue weighted by molar-refractivity contribution is -0.0425. The fourth-order valence-corrected chi connectivity index (χ4v) is 14.7. The summed E-state index contributed by atoms with van der Waals surface area (Å²) in [6, 6.07) is 3.64. The minimum Gasteiger partial charge on any atom is -0.487 e. The summed E-state index contributed by atoms with van der Waals surface area (Å²) in [6.07, 6.45) is 24.7. The summed E-state index contributed by atoms with van der Waals surface area (Å²) in [4.78, 5) is 80.2. The SMILES string of the molecule is O=c1[nH]ncc(N2CC[C@@H](Oc3cncc(O[C@@H]4CCN(c5cn[nH]c(=O)c5Cl)C4)c3)C2)c1Cl.O=c1c(Cl)c(N2CC[C@@H](O)C2)cnn1C1CCCCO1.O=c1c(Cl)c(N2CC[C@@H](Oc3cncc(O[C@@H]4CCN(c5cnn(C6CCCCO6)c(=O)c5Cl)C4)c3)C2)cnn1C1CCCCO1. The molecule has 8 atom stereocenters. The predicted octanol–water partition coefficient (Wildman–Crippen LogP) is 7.25. The number of nitrogens with one attached hydrogen (secondary N) is 2. The van der Waals surface area contributed by atoms with Crippen molar-refractivity contribution in [2.45, 2.75) is 139 Å². The fraction of sp³-hybridized carbons (Fsp3) is 0.538. The maximum absolute atomic E-state index is 13.0. The summed E-state index contributed by atoms with van der Waals surface area (Å²) >= 11 is 31.5. The fourth-order valence-electron chi connectivity index (χ4n) is 13.5. The molecular formula is C65H76Cl5N17O13. The molecule has 8 fully saturated rings. The molecule has 8 aliphatic heterocycles. The van der Waals surface area contributed by atoms with Crippen molar-refractivity contribution in [1.29, 1.82) is 0 Å². The highest BCUT2D eigenvalue weighted by molar-refractivity contribution is 6.34. The first-order chi connectivity index (χ1) is 48.6. The summed E-state index contributed by atoms with van der Waals surface area (Å²) in [7, 11) is 0. The molecule has 3 unspecified atom stereocenters. The van der Waals surface area contributed by atoms with Crippen LogP contribution < -0.4 is 71.2 Å². The summed E-state index contributed by atoms with van der Waals surface area (Å²) in [5, 5.41) is 35.5. The van der Waals surface area contributed by atoms with Crippen LogP contribution in [0.25, 0.3) is 0 Å². The number of nitrogens with zero attached hydrogens (tertiary/aromatic N) is 15. The highest BCUT2D eigenvalue weighted by atomic mass is 35.5. The molecular weight excluding hydrogens is 1400 g/mol. The molecule has 7 aromatic heterocycles. The average Bonchev–Trinajstić information content (AvgIpc) is 1.43. The molecule has 8 aliphatic rings. The van der Waals surface area contributed by atoms with E-state index in [1.165, 1.54) is 14.0 Å². The Morgan fingerprint density at radius 3 is 0.970 bits per heavy atom. The first kappa shape index (κ1) is 70.6. The van der Waals surface area contributed by atoms with Crippen LogP contribution in [0.5, 0.6) is 23.0 Å². The van der Waals surface area contributed by atoms with Crippen LogP contribution in [0.15, 0.2) is 91.9 Å². The number of aromatic amines is 2. The Balaban J connectivity index is 0.000000145. The number of H-pyrrole nitrogens is 2. The van der Waals surface area contributed by atoms with Crippen LogP contribution in [0.1, 0.15) is 109 Å². The van der Waals surface area contributed by atoms with Gasteiger partial charge in [0.1, 0.15) is 72.5 Å². The Hall–Kier alpha value is -7.81. The summed E-state index contributed by atoms with van der Waals surface area (Å²) < 4.78 is 45.8. The second-order valence-corrected chi connectivity index (χ2v) is 27.4. The van der Waals surface area contributed by atoms with Crippen LogP contribution in [0.2, 0.25) is 25.1 Å². The topological polar surface area (TPSA) is 323 Å². The van der Waals surface area contributed by atoms with E-state index in [4.69, 9.17) is 91.2 Å². The molecule has 15 heterocycles. The average molecular weight is 1480 g/mol. The van der Waals surface area contributed by atoms with E-state index in [9.17, 15) is 29.1 Å². The Bertz CT molecular complexity index is 4100. The lowest BCUT2D eigenvalue weighted by Gasteiger charge is -2.25. The third-order valence-electron chi connectivity index (χ3n) is 18.6. The number of rotatable bonds is 16. The molecule has 15 rings (SSSR count). The standard InChI is InChI=1S/C31H37Cl2N7O6.C21H21Cl2N7O4.C13H18ClN3O3/c32-28-24(16-35-39(30(28)41)26-5-1-3-11-43-26)37-9-7-20(18-37)45-22-13-23(15-34-14-22)46-21-8-10-38(19-21)25-17-36-40(31(42)29(25)33)27-6-2-4-12-44-27;22-18-16(8-25-27-20(18)31)29-3-1-12(10-29)33-14-5-15(7-24-6-14)34-13-2-4-30(11-13)17-9-26-28-21(32)19(17)23;14-12-10(16-5-4-9(18)8-16)7-15-17(13(12)19)11-3-1-2-6-20-11/h13-17,20-21,26-27H,1-12,18-19H2;5-9,12-13H,1-4,10-11H2,(H,27,31)(H,28,32);7,9,11,18H,1-6,8H2/t20-,21-,26?,27?;12-,13-;9-,11?/m111/s1. The molecule has 8 saturated heterocycles. The van der Waals surface area contributed by atoms with E-state index in [-0.39, 0.29) is 91.0 Å². The molecule has 0 spiro atoms. The van der Waals surface area contributed by atoms with Gasteiger partial charge in [-0.15, -0.1) is 0 Å². The second kappa shape index (κ2) is 32.5. The number of ether oxygens (including phenoxy) is 7. The van der Waals surface area contributed by atoms with Crippen molar-refractivity contribution in [3.05, 3.63) is 145 Å². The number of anilines is 5. The molecule has 0 aliphatic carbocycles. The van der Waals surface area contributed by atoms with Gasteiger partial charge in [-0.05, 0) is 64.2 Å². The van der Waals surface area contributed by atoms with Crippen molar-refractivity contribution in [3.63, 3.8) is 0 Å². The summed E-state index contributed by atoms with van der Waals surface area (Å²) in [5.41, 5.74) is 1.14. The van der Waals surface area contributed by atoms with E-state index < -0.39 is 11.1 Å². The van der Waals surface area contributed by atoms with Crippen molar-refractivity contribution >= 4 is 86.4 Å². The highest BCUT2D eigenvalue weighted by Gasteiger charge is 2.34. The Labute approximate surface area is 597 Å². The number of aliphatic hydroxyl groups excluding tert-OH is 1. The molecule has 534 valence electrons. The largest absolute Gasteiger partial charge is 0.487 e. The summed E-state index contributed by atoms with van der Waals surface area (Å²) in [5.74, 6) is 2.37. The van der Waals surface area contributed by atoms with Gasteiger partial charge in [0.25, 0.3) is 27.8 Å². The zero-order chi connectivity index (χ0) is 69.4. The van der Waals surface area contributed by atoms with Crippen LogP contribution in [-0.4, -0.2) is 181 Å². The maximum atomic E-state index is 13.0. The molecule has 0 saturated carbocycles. The van der Waals surface area contributed by atoms with Gasteiger partial charge < -0.3 is 62.8 Å². The number of pyridine rings is 2. The van der Waals surface area contributed by atoms with Crippen LogP contribution in [-0.2, 0) is 14.2 Å². The molecule has 100 heavy (non-hydrogen) atoms. The number of hydrogen-bond donors (Lipinski definition) is 3. The van der Waals surface area contributed by atoms with Gasteiger partial charge >= 0.3 is 0 Å². The number of β-amino-alcohol motifs (C(OH)–C–C–N with tert-alkyl or cyclic N) is 1. The highest BCUT2D eigenvalue weighted by Crippen LogP contribution is 2.35. The van der Waals surface area contributed by atoms with Crippen molar-refractivity contribution < 1.29 is 38.3 Å². The molecule has 0 amide bonds. The van der Waals surface area contributed by atoms with E-state index in [2.05, 4.69) is 45.7 Å². The first-order valence-corrected chi connectivity index (χ1v) is 35.6. The first-order valence-electron chi connectivity index (χ1n) is 33.7. The minimum absolute atomic E-state index is 0.0970. The maximum Gasteiger partial charge on any atom is 0.290 e. The van der Waals surface area contributed by atoms with Gasteiger partial charge in [0.15, 0.2) is 18.7 Å². The second-order valence-electron chi connectivity index (χ2n) is 25.5. The molecule has 3 N–H and O–H groups in total. The Morgan fingerprint density at radius 2 is 0.680 bits per heavy atom. The number of halogens is 5. The van der Waals surface area contributed by atoms with Crippen LogP contribution in [0, 0.1) is 0 Å². The van der Waals surface area contributed by atoms with Crippen LogP contribution in [0.4, 0.5) is 28.4 Å². The molecule has 0 radical (unpaired) electrons. The Morgan fingerprint density at radius 1 is 0.380 bits per heavy atom. The van der Waals surface area contributed by atoms with Crippen molar-refractivity contribution in [1.82, 2.24) is 59.7 Å². The van der Waals surface area contributed by atoms with Gasteiger partial charge in [-0.2, -0.15) is 39.5 Å². The van der Waals surface area contributed by atoms with Gasteiger partial charge in [-0.1, -0.05) is 58.0 Å². The monoisotopic (exact) mass is 1480 g/mol. The number of hydrogen-bond acceptors (Lipinski definition) is 25. The minimum atomic E-state index is -0.416. The van der Waals surface area contributed by atoms with Crippen molar-refractivity contribution in [3.8, 4) is 23.0 Å². The number of aromatic nitrogens is 12. The van der Waals surface area contributed by atoms with Gasteiger partial charge in [-0.25, -0.2) is 10.2 Å². The zero-order valence-corrected chi connectivity index (χ0v) is 58.3. The van der Waals surface area contributed by atoms with Gasteiger partial charge in [0, 0.05) is 96.9 Å². The number of aliphatic hydroxyl groups is 1.